The lowest BCUT2D eigenvalue weighted by molar-refractivity contribution is 0.0950. The highest BCUT2D eigenvalue weighted by Crippen LogP contribution is 2.35. The van der Waals surface area contributed by atoms with E-state index in [1.807, 2.05) is 54.6 Å². The summed E-state index contributed by atoms with van der Waals surface area (Å²) in [5, 5.41) is 2.94. The number of benzene rings is 3. The number of amides is 1. The van der Waals surface area contributed by atoms with Gasteiger partial charge in [0.05, 0.1) is 27.4 Å². The van der Waals surface area contributed by atoms with Crippen LogP contribution in [0.25, 0.3) is 0 Å². The van der Waals surface area contributed by atoms with Crippen LogP contribution in [-0.2, 0) is 24.5 Å². The number of hydrogen-bond acceptors (Lipinski definition) is 4. The Kier molecular flexibility index (Phi) is 7.88. The van der Waals surface area contributed by atoms with Gasteiger partial charge in [0, 0.05) is 12.1 Å². The zero-order chi connectivity index (χ0) is 21.3. The summed E-state index contributed by atoms with van der Waals surface area (Å²) in [7, 11) is 3.10. The Balaban J connectivity index is 1.58. The molecule has 3 rings (SSSR count). The minimum Gasteiger partial charge on any atom is -0.495 e. The van der Waals surface area contributed by atoms with Gasteiger partial charge in [-0.05, 0) is 44.8 Å². The lowest BCUT2D eigenvalue weighted by atomic mass is 10.1. The van der Waals surface area contributed by atoms with Crippen LogP contribution in [0.15, 0.2) is 71.2 Å². The molecule has 0 saturated carbocycles. The number of carbonyl (C=O) groups is 1. The van der Waals surface area contributed by atoms with Crippen LogP contribution in [0, 0.1) is 0 Å². The van der Waals surface area contributed by atoms with Crippen molar-refractivity contribution in [1.82, 2.24) is 5.32 Å². The molecular weight excluding hydrogens is 446 g/mol. The summed E-state index contributed by atoms with van der Waals surface area (Å²) >= 11 is 3.41. The quantitative estimate of drug-likeness (QED) is 0.472. The van der Waals surface area contributed by atoms with Gasteiger partial charge in [-0.2, -0.15) is 0 Å². The summed E-state index contributed by atoms with van der Waals surface area (Å²) in [6, 6.07) is 21.4. The summed E-state index contributed by atoms with van der Waals surface area (Å²) in [6.45, 7) is 1.49. The molecule has 0 unspecified atom stereocenters. The monoisotopic (exact) mass is 469 g/mol. The molecule has 0 saturated heterocycles. The van der Waals surface area contributed by atoms with Crippen molar-refractivity contribution in [3.8, 4) is 11.5 Å². The number of rotatable bonds is 9. The van der Waals surface area contributed by atoms with Crippen molar-refractivity contribution in [1.29, 1.82) is 0 Å². The molecule has 3 aromatic carbocycles. The molecule has 1 N–H and O–H groups in total. The lowest BCUT2D eigenvalue weighted by Crippen LogP contribution is -2.23. The minimum absolute atomic E-state index is 0.204. The van der Waals surface area contributed by atoms with E-state index >= 15 is 0 Å². The van der Waals surface area contributed by atoms with Gasteiger partial charge in [0.15, 0.2) is 0 Å². The first-order chi connectivity index (χ1) is 14.6. The Bertz CT molecular complexity index is 967. The summed E-state index contributed by atoms with van der Waals surface area (Å²) in [5.41, 5.74) is 3.67. The fourth-order valence-corrected chi connectivity index (χ4v) is 3.53. The van der Waals surface area contributed by atoms with Gasteiger partial charge in [0.1, 0.15) is 16.0 Å². The van der Waals surface area contributed by atoms with Gasteiger partial charge in [-0.1, -0.05) is 54.6 Å². The maximum absolute atomic E-state index is 12.6. The predicted octanol–water partition coefficient (Wildman–Crippen LogP) is 5.11. The van der Waals surface area contributed by atoms with Gasteiger partial charge in [-0.25, -0.2) is 0 Å². The molecule has 0 aliphatic carbocycles. The van der Waals surface area contributed by atoms with Gasteiger partial charge < -0.3 is 19.5 Å². The van der Waals surface area contributed by atoms with E-state index in [9.17, 15) is 4.79 Å². The number of carbonyl (C=O) groups excluding carboxylic acids is 1. The molecule has 30 heavy (non-hydrogen) atoms. The number of methoxy groups -OCH3 is 2. The van der Waals surface area contributed by atoms with Crippen LogP contribution in [0.3, 0.4) is 0 Å². The van der Waals surface area contributed by atoms with Crippen LogP contribution >= 0.6 is 15.9 Å². The highest BCUT2D eigenvalue weighted by molar-refractivity contribution is 9.10. The van der Waals surface area contributed by atoms with Crippen molar-refractivity contribution in [3.63, 3.8) is 0 Å². The van der Waals surface area contributed by atoms with Crippen molar-refractivity contribution in [2.24, 2.45) is 0 Å². The molecule has 0 radical (unpaired) electrons. The molecule has 6 heteroatoms. The Morgan fingerprint density at radius 2 is 1.43 bits per heavy atom. The Labute approximate surface area is 185 Å². The summed E-state index contributed by atoms with van der Waals surface area (Å²) < 4.78 is 17.1. The van der Waals surface area contributed by atoms with Crippen molar-refractivity contribution < 1.29 is 19.0 Å². The Morgan fingerprint density at radius 1 is 0.833 bits per heavy atom. The molecule has 0 aliphatic heterocycles. The maximum Gasteiger partial charge on any atom is 0.251 e. The third-order valence-electron chi connectivity index (χ3n) is 4.53. The molecule has 1 amide bonds. The average Bonchev–Trinajstić information content (AvgIpc) is 2.78. The largest absolute Gasteiger partial charge is 0.495 e. The van der Waals surface area contributed by atoms with Crippen molar-refractivity contribution in [2.75, 3.05) is 14.2 Å². The van der Waals surface area contributed by atoms with Crippen LogP contribution in [0.2, 0.25) is 0 Å². The van der Waals surface area contributed by atoms with E-state index in [0.717, 1.165) is 16.7 Å². The van der Waals surface area contributed by atoms with Crippen molar-refractivity contribution >= 4 is 21.8 Å². The normalized spacial score (nSPS) is 10.5. The Morgan fingerprint density at radius 3 is 2.10 bits per heavy atom. The van der Waals surface area contributed by atoms with E-state index in [2.05, 4.69) is 21.2 Å². The summed E-state index contributed by atoms with van der Waals surface area (Å²) in [6.07, 6.45) is 0. The van der Waals surface area contributed by atoms with Gasteiger partial charge >= 0.3 is 0 Å². The number of halogens is 1. The standard InChI is InChI=1S/C24H24BrNO4/c1-28-21-12-20(13-22(29-2)23(21)25)24(27)26-14-18-9-6-10-19(11-18)16-30-15-17-7-4-3-5-8-17/h3-13H,14-16H2,1-2H3,(H,26,27). The first-order valence-electron chi connectivity index (χ1n) is 9.50. The van der Waals surface area contributed by atoms with Crippen LogP contribution in [0.4, 0.5) is 0 Å². The highest BCUT2D eigenvalue weighted by Gasteiger charge is 2.14. The maximum atomic E-state index is 12.6. The molecule has 0 fully saturated rings. The minimum atomic E-state index is -0.204. The molecule has 0 aromatic heterocycles. The second-order valence-electron chi connectivity index (χ2n) is 6.68. The average molecular weight is 470 g/mol. The van der Waals surface area contributed by atoms with Crippen LogP contribution < -0.4 is 14.8 Å². The van der Waals surface area contributed by atoms with Crippen LogP contribution in [-0.4, -0.2) is 20.1 Å². The number of hydrogen-bond donors (Lipinski definition) is 1. The Hall–Kier alpha value is -2.83. The fourth-order valence-electron chi connectivity index (χ4n) is 2.98. The van der Waals surface area contributed by atoms with Gasteiger partial charge in [-0.15, -0.1) is 0 Å². The zero-order valence-corrected chi connectivity index (χ0v) is 18.6. The van der Waals surface area contributed by atoms with Crippen molar-refractivity contribution in [3.05, 3.63) is 93.5 Å². The summed E-state index contributed by atoms with van der Waals surface area (Å²) in [4.78, 5) is 12.6. The van der Waals surface area contributed by atoms with Gasteiger partial charge in [0.2, 0.25) is 0 Å². The van der Waals surface area contributed by atoms with E-state index in [-0.39, 0.29) is 5.91 Å². The van der Waals surface area contributed by atoms with E-state index in [4.69, 9.17) is 14.2 Å². The van der Waals surface area contributed by atoms with Crippen LogP contribution in [0.1, 0.15) is 27.0 Å². The van der Waals surface area contributed by atoms with Gasteiger partial charge in [0.25, 0.3) is 5.91 Å². The molecule has 0 aliphatic rings. The first-order valence-corrected chi connectivity index (χ1v) is 10.3. The molecular formula is C24H24BrNO4. The number of nitrogens with one attached hydrogen (secondary N) is 1. The predicted molar refractivity (Wildman–Crippen MR) is 120 cm³/mol. The molecule has 0 bridgehead atoms. The van der Waals surface area contributed by atoms with Crippen LogP contribution in [0.5, 0.6) is 11.5 Å². The number of ether oxygens (including phenoxy) is 3. The lowest BCUT2D eigenvalue weighted by Gasteiger charge is -2.12. The van der Waals surface area contributed by atoms with E-state index in [0.29, 0.717) is 41.3 Å². The molecule has 0 atom stereocenters. The molecule has 0 spiro atoms. The zero-order valence-electron chi connectivity index (χ0n) is 17.0. The fraction of sp³-hybridized carbons (Fsp3) is 0.208. The second kappa shape index (κ2) is 10.8. The third kappa shape index (κ3) is 5.84. The van der Waals surface area contributed by atoms with E-state index in [1.54, 1.807) is 26.4 Å². The topological polar surface area (TPSA) is 56.8 Å². The van der Waals surface area contributed by atoms with Crippen molar-refractivity contribution in [2.45, 2.75) is 19.8 Å². The SMILES string of the molecule is COc1cc(C(=O)NCc2cccc(COCc3ccccc3)c2)cc(OC)c1Br. The third-order valence-corrected chi connectivity index (χ3v) is 5.31. The molecule has 0 heterocycles. The first kappa shape index (κ1) is 21.9. The molecule has 156 valence electrons. The smallest absolute Gasteiger partial charge is 0.251 e. The highest BCUT2D eigenvalue weighted by atomic mass is 79.9. The molecule has 3 aromatic rings. The molecule has 5 nitrogen and oxygen atoms in total. The second-order valence-corrected chi connectivity index (χ2v) is 7.47. The van der Waals surface area contributed by atoms with E-state index < -0.39 is 0 Å². The summed E-state index contributed by atoms with van der Waals surface area (Å²) in [5.74, 6) is 0.874. The van der Waals surface area contributed by atoms with E-state index in [1.165, 1.54) is 0 Å². The van der Waals surface area contributed by atoms with Gasteiger partial charge in [-0.3, -0.25) is 4.79 Å².